The zero-order chi connectivity index (χ0) is 72.6. The zero-order valence-electron chi connectivity index (χ0n) is 59.1. The molecule has 2 aliphatic heterocycles. The Balaban J connectivity index is 1.37. The van der Waals surface area contributed by atoms with Gasteiger partial charge in [0.1, 0.15) is 36.8 Å². The third-order valence-electron chi connectivity index (χ3n) is 17.6. The summed E-state index contributed by atoms with van der Waals surface area (Å²) in [4.78, 5) is 165. The van der Waals surface area contributed by atoms with E-state index >= 15 is 0 Å². The van der Waals surface area contributed by atoms with E-state index in [4.69, 9.17) is 10.5 Å². The second-order valence-electron chi connectivity index (χ2n) is 27.7. The summed E-state index contributed by atoms with van der Waals surface area (Å²) in [6.45, 7) is 21.5. The fraction of sp³-hybridized carbons (Fsp3) is 0.629. The van der Waals surface area contributed by atoms with Crippen LogP contribution < -0.4 is 43.0 Å². The Morgan fingerprint density at radius 1 is 0.691 bits per heavy atom. The molecule has 97 heavy (non-hydrogen) atoms. The van der Waals surface area contributed by atoms with Gasteiger partial charge >= 0.3 is 12.1 Å². The van der Waals surface area contributed by atoms with E-state index in [-0.39, 0.29) is 81.5 Å². The smallest absolute Gasteiger partial charge is 0.410 e. The van der Waals surface area contributed by atoms with Gasteiger partial charge in [-0.1, -0.05) is 118 Å². The zero-order valence-corrected chi connectivity index (χ0v) is 59.1. The van der Waals surface area contributed by atoms with Crippen molar-refractivity contribution in [1.82, 2.24) is 51.5 Å². The number of imide groups is 1. The average Bonchev–Trinajstić information content (AvgIpc) is 1.81. The van der Waals surface area contributed by atoms with Crippen molar-refractivity contribution >= 4 is 76.9 Å². The number of nitrogens with two attached hydrogens (primary N) is 1. The molecule has 0 unspecified atom stereocenters. The van der Waals surface area contributed by atoms with Crippen molar-refractivity contribution in [1.29, 1.82) is 0 Å². The van der Waals surface area contributed by atoms with Crippen LogP contribution in [0.5, 0.6) is 0 Å². The number of hydrogen-bond acceptors (Lipinski definition) is 15. The first-order chi connectivity index (χ1) is 45.6. The number of hydrogen-bond donors (Lipinski definition) is 10. The molecule has 27 heteroatoms. The van der Waals surface area contributed by atoms with Gasteiger partial charge in [0.25, 0.3) is 11.8 Å². The Bertz CT molecular complexity index is 3030. The molecule has 13 amide bonds. The van der Waals surface area contributed by atoms with Crippen molar-refractivity contribution in [3.63, 3.8) is 0 Å². The standard InChI is InChI=1S/C70H108N12O15/c1-15-44(8)60(52(83)39-56(87)81-37-23-27-51(81)61(88)45(9)62(89)75-50(64(91)78-70(10,11)12)38-46-24-18-16-19-25-46)79(13)67(94)58(42(4)5)77-66(93)59(43(6)7)80(14)69(96)97-40-47-29-31-48(32-30-47)73-63(90)49(26-22-35-72-68(71)95)74-65(92)57(41(2)3)76-53(84)28-20-17-21-36-82-54(85)33-34-55(82)86/h16,18-19,24-25,29-34,41-45,49-52,57-61,83,88H,15,17,20-23,26-28,35-40H2,1-14H3,(H,73,90)(H,74,92)(H,75,89)(H,76,84)(H,77,93)(H,78,91)(H3,71,72,95)/t44-,45+,49-,50-,51-,52+,57-,58-,59-,60-,61+/m0/s1. The van der Waals surface area contributed by atoms with Gasteiger partial charge in [-0.05, 0) is 106 Å². The summed E-state index contributed by atoms with van der Waals surface area (Å²) in [6.07, 6.45) is 1.91. The normalized spacial score (nSPS) is 17.0. The maximum Gasteiger partial charge on any atom is 0.410 e. The molecule has 1 saturated heterocycles. The number of ether oxygens (including phenoxy) is 1. The molecule has 2 aromatic rings. The highest BCUT2D eigenvalue weighted by Crippen LogP contribution is 2.29. The van der Waals surface area contributed by atoms with E-state index < -0.39 is 138 Å². The molecule has 0 aliphatic carbocycles. The molecule has 11 atom stereocenters. The van der Waals surface area contributed by atoms with Gasteiger partial charge in [-0.3, -0.25) is 57.7 Å². The molecule has 27 nitrogen and oxygen atoms in total. The van der Waals surface area contributed by atoms with Crippen LogP contribution in [0.1, 0.15) is 158 Å². The van der Waals surface area contributed by atoms with Gasteiger partial charge in [-0.2, -0.15) is 0 Å². The van der Waals surface area contributed by atoms with Gasteiger partial charge < -0.3 is 67.7 Å². The van der Waals surface area contributed by atoms with Gasteiger partial charge in [0, 0.05) is 69.9 Å². The van der Waals surface area contributed by atoms with Gasteiger partial charge in [0.05, 0.1) is 36.6 Å². The molecule has 0 saturated carbocycles. The highest BCUT2D eigenvalue weighted by Gasteiger charge is 2.43. The fourth-order valence-corrected chi connectivity index (χ4v) is 12.0. The molecule has 1 fully saturated rings. The van der Waals surface area contributed by atoms with E-state index in [0.29, 0.717) is 49.8 Å². The summed E-state index contributed by atoms with van der Waals surface area (Å²) >= 11 is 0. The predicted octanol–water partition coefficient (Wildman–Crippen LogP) is 4.17. The Morgan fingerprint density at radius 3 is 1.89 bits per heavy atom. The van der Waals surface area contributed by atoms with E-state index in [0.717, 1.165) is 15.4 Å². The largest absolute Gasteiger partial charge is 0.445 e. The molecule has 538 valence electrons. The summed E-state index contributed by atoms with van der Waals surface area (Å²) < 4.78 is 5.67. The minimum absolute atomic E-state index is 0.0734. The molecule has 2 aliphatic rings. The van der Waals surface area contributed by atoms with Crippen molar-refractivity contribution in [2.24, 2.45) is 35.3 Å². The number of primary amides is 1. The van der Waals surface area contributed by atoms with Crippen LogP contribution >= 0.6 is 0 Å². The first kappa shape index (κ1) is 81.0. The summed E-state index contributed by atoms with van der Waals surface area (Å²) in [7, 11) is 2.91. The van der Waals surface area contributed by atoms with E-state index in [1.54, 1.807) is 72.7 Å². The summed E-state index contributed by atoms with van der Waals surface area (Å²) in [5, 5.41) is 43.1. The predicted molar refractivity (Wildman–Crippen MR) is 365 cm³/mol. The molecule has 0 aromatic heterocycles. The van der Waals surface area contributed by atoms with Crippen molar-refractivity contribution < 1.29 is 72.5 Å². The number of amides is 13. The summed E-state index contributed by atoms with van der Waals surface area (Å²) in [5.74, 6) is -7.75. The number of nitrogens with zero attached hydrogens (tertiary/aromatic N) is 4. The van der Waals surface area contributed by atoms with Gasteiger partial charge in [-0.15, -0.1) is 0 Å². The van der Waals surface area contributed by atoms with Crippen molar-refractivity contribution in [3.8, 4) is 0 Å². The van der Waals surface area contributed by atoms with E-state index in [1.807, 2.05) is 65.0 Å². The molecular weight excluding hydrogens is 1250 g/mol. The molecule has 4 rings (SSSR count). The van der Waals surface area contributed by atoms with Crippen LogP contribution in [-0.4, -0.2) is 195 Å². The summed E-state index contributed by atoms with van der Waals surface area (Å²) in [6, 6.07) is 7.71. The monoisotopic (exact) mass is 1360 g/mol. The molecular formula is C70H108N12O15. The molecule has 2 aromatic carbocycles. The molecule has 0 bridgehead atoms. The number of nitrogens with one attached hydrogen (secondary N) is 7. The quantitative estimate of drug-likeness (QED) is 0.0335. The first-order valence-corrected chi connectivity index (χ1v) is 33.9. The molecule has 0 spiro atoms. The highest BCUT2D eigenvalue weighted by molar-refractivity contribution is 6.12. The molecule has 0 radical (unpaired) electrons. The number of carbonyl (C=O) groups is 12. The number of aliphatic hydroxyl groups is 2. The lowest BCUT2D eigenvalue weighted by molar-refractivity contribution is -0.146. The summed E-state index contributed by atoms with van der Waals surface area (Å²) in [5.41, 5.74) is 6.30. The number of likely N-dealkylation sites (tertiary alicyclic amines) is 1. The van der Waals surface area contributed by atoms with Crippen LogP contribution in [0.2, 0.25) is 0 Å². The number of urea groups is 1. The second kappa shape index (κ2) is 38.5. The van der Waals surface area contributed by atoms with Crippen LogP contribution in [0.3, 0.4) is 0 Å². The van der Waals surface area contributed by atoms with Crippen molar-refractivity contribution in [3.05, 3.63) is 77.9 Å². The average molecular weight is 1360 g/mol. The Kier molecular flexibility index (Phi) is 32.1. The van der Waals surface area contributed by atoms with Crippen LogP contribution in [0.4, 0.5) is 15.3 Å². The highest BCUT2D eigenvalue weighted by atomic mass is 16.6. The van der Waals surface area contributed by atoms with Crippen LogP contribution in [0.25, 0.3) is 0 Å². The number of carbonyl (C=O) groups excluding carboxylic acids is 12. The van der Waals surface area contributed by atoms with E-state index in [2.05, 4.69) is 37.2 Å². The number of anilines is 1. The number of benzene rings is 2. The third-order valence-corrected chi connectivity index (χ3v) is 17.6. The van der Waals surface area contributed by atoms with E-state index in [1.165, 1.54) is 36.0 Å². The maximum absolute atomic E-state index is 14.7. The number of likely N-dealkylation sites (N-methyl/N-ethyl adjacent to an activating group) is 2. The van der Waals surface area contributed by atoms with Crippen molar-refractivity contribution in [2.45, 2.75) is 220 Å². The number of rotatable bonds is 37. The fourth-order valence-electron chi connectivity index (χ4n) is 12.0. The lowest BCUT2D eigenvalue weighted by Crippen LogP contribution is -2.60. The third kappa shape index (κ3) is 25.2. The Labute approximate surface area is 571 Å². The lowest BCUT2D eigenvalue weighted by Gasteiger charge is -2.40. The second-order valence-corrected chi connectivity index (χ2v) is 27.7. The number of unbranched alkanes of at least 4 members (excludes halogenated alkanes) is 2. The van der Waals surface area contributed by atoms with Gasteiger partial charge in [0.15, 0.2) is 0 Å². The Hall–Kier alpha value is -8.46. The van der Waals surface area contributed by atoms with Gasteiger partial charge in [-0.25, -0.2) is 9.59 Å². The minimum Gasteiger partial charge on any atom is -0.445 e. The molecule has 11 N–H and O–H groups in total. The van der Waals surface area contributed by atoms with Crippen LogP contribution in [-0.2, 0) is 65.7 Å². The van der Waals surface area contributed by atoms with Crippen LogP contribution in [0.15, 0.2) is 66.7 Å². The van der Waals surface area contributed by atoms with E-state index in [9.17, 15) is 67.7 Å². The minimum atomic E-state index is -1.39. The number of aliphatic hydroxyl groups excluding tert-OH is 2. The molecule has 2 heterocycles. The van der Waals surface area contributed by atoms with Gasteiger partial charge in [0.2, 0.25) is 47.3 Å². The first-order valence-electron chi connectivity index (χ1n) is 33.9. The SMILES string of the molecule is CC[C@H](C)[C@@H]([C@H](O)CC(=O)N1CCC[C@H]1[C@H](O)[C@@H](C)C(=O)N[C@@H](Cc1ccccc1)C(=O)NC(C)(C)C)N(C)C(=O)[C@@H](NC(=O)[C@H](C(C)C)N(C)C(=O)OCc1ccc(NC(=O)[C@H](CCCNC(N)=O)NC(=O)[C@@H](NC(=O)CCCCCN2C(=O)C=CC2=O)C(C)C)cc1)C(C)C. The maximum atomic E-state index is 14.7. The lowest BCUT2D eigenvalue weighted by atomic mass is 9.89. The van der Waals surface area contributed by atoms with Crippen LogP contribution in [0, 0.1) is 29.6 Å². The Morgan fingerprint density at radius 2 is 1.31 bits per heavy atom. The topological polar surface area (TPSA) is 378 Å². The van der Waals surface area contributed by atoms with Crippen molar-refractivity contribution in [2.75, 3.05) is 39.0 Å².